The van der Waals surface area contributed by atoms with Gasteiger partial charge in [0.05, 0.1) is 7.11 Å². The Morgan fingerprint density at radius 3 is 3.00 bits per heavy atom. The monoisotopic (exact) mass is 151 g/mol. The van der Waals surface area contributed by atoms with Gasteiger partial charge in [-0.2, -0.15) is 0 Å². The molecule has 0 unspecified atom stereocenters. The average Bonchev–Trinajstić information content (AvgIpc) is 2.50. The maximum absolute atomic E-state index is 10.9. The van der Waals surface area contributed by atoms with Crippen LogP contribution in [0, 0.1) is 0 Å². The van der Waals surface area contributed by atoms with Crippen LogP contribution in [0.1, 0.15) is 6.42 Å². The summed E-state index contributed by atoms with van der Waals surface area (Å²) in [5.74, 6) is -0.335. The molecule has 0 amide bonds. The Morgan fingerprint density at radius 2 is 2.55 bits per heavy atom. The van der Waals surface area contributed by atoms with Gasteiger partial charge in [-0.1, -0.05) is 17.6 Å². The van der Waals surface area contributed by atoms with E-state index in [0.29, 0.717) is 17.5 Å². The van der Waals surface area contributed by atoms with Gasteiger partial charge in [0.1, 0.15) is 0 Å². The zero-order valence-corrected chi connectivity index (χ0v) is 6.20. The minimum Gasteiger partial charge on any atom is -0.466 e. The van der Waals surface area contributed by atoms with Gasteiger partial charge in [-0.15, -0.1) is 0 Å². The first-order valence-electron chi connectivity index (χ1n) is 3.24. The number of rotatable bonds is 2. The van der Waals surface area contributed by atoms with Crippen LogP contribution in [0.4, 0.5) is 0 Å². The third-order valence-electron chi connectivity index (χ3n) is 1.50. The molecule has 3 nitrogen and oxygen atoms in total. The van der Waals surface area contributed by atoms with Gasteiger partial charge in [-0.05, 0) is 6.42 Å². The SMILES string of the molecule is COC(=O)C1=CC([B]O)=CC1. The molecule has 0 saturated carbocycles. The van der Waals surface area contributed by atoms with Crippen LogP contribution in [-0.4, -0.2) is 25.6 Å². The lowest BCUT2D eigenvalue weighted by Gasteiger charge is -1.96. The Morgan fingerprint density at radius 1 is 1.82 bits per heavy atom. The fourth-order valence-corrected chi connectivity index (χ4v) is 0.910. The summed E-state index contributed by atoms with van der Waals surface area (Å²) in [6.45, 7) is 0. The molecular weight excluding hydrogens is 143 g/mol. The maximum atomic E-state index is 10.9. The van der Waals surface area contributed by atoms with Gasteiger partial charge in [-0.25, -0.2) is 4.79 Å². The predicted octanol–water partition coefficient (Wildman–Crippen LogP) is -0.0151. The summed E-state index contributed by atoms with van der Waals surface area (Å²) >= 11 is 0. The normalized spacial score (nSPS) is 15.5. The molecule has 0 heterocycles. The van der Waals surface area contributed by atoms with Crippen LogP contribution in [0.15, 0.2) is 23.2 Å². The fourth-order valence-electron chi connectivity index (χ4n) is 0.910. The van der Waals surface area contributed by atoms with Crippen LogP contribution < -0.4 is 0 Å². The van der Waals surface area contributed by atoms with Crippen molar-refractivity contribution in [2.24, 2.45) is 0 Å². The zero-order valence-electron chi connectivity index (χ0n) is 6.20. The molecule has 1 rings (SSSR count). The van der Waals surface area contributed by atoms with Gasteiger partial charge in [0.2, 0.25) is 0 Å². The highest BCUT2D eigenvalue weighted by atomic mass is 16.5. The molecule has 1 aliphatic carbocycles. The van der Waals surface area contributed by atoms with Gasteiger partial charge in [0.25, 0.3) is 0 Å². The molecule has 0 aromatic heterocycles. The van der Waals surface area contributed by atoms with Crippen LogP contribution in [0.5, 0.6) is 0 Å². The van der Waals surface area contributed by atoms with E-state index < -0.39 is 0 Å². The summed E-state index contributed by atoms with van der Waals surface area (Å²) in [7, 11) is 2.31. The van der Waals surface area contributed by atoms with E-state index in [4.69, 9.17) is 5.02 Å². The number of esters is 1. The highest BCUT2D eigenvalue weighted by molar-refractivity contribution is 6.38. The number of carbonyl (C=O) groups excluding carboxylic acids is 1. The van der Waals surface area contributed by atoms with Crippen LogP contribution in [0.3, 0.4) is 0 Å². The summed E-state index contributed by atoms with van der Waals surface area (Å²) in [6.07, 6.45) is 3.90. The largest absolute Gasteiger partial charge is 0.466 e. The topological polar surface area (TPSA) is 46.5 Å². The number of allylic oxidation sites excluding steroid dienone is 3. The number of hydrogen-bond acceptors (Lipinski definition) is 3. The van der Waals surface area contributed by atoms with Crippen molar-refractivity contribution in [1.29, 1.82) is 0 Å². The van der Waals surface area contributed by atoms with Gasteiger partial charge in [0.15, 0.2) is 0 Å². The molecule has 11 heavy (non-hydrogen) atoms. The number of ether oxygens (including phenoxy) is 1. The standard InChI is InChI=1S/C7H8BO3/c1-11-7(9)5-2-3-6(4-5)8-10/h3-4,10H,2H2,1H3. The lowest BCUT2D eigenvalue weighted by Crippen LogP contribution is -2.02. The highest BCUT2D eigenvalue weighted by Gasteiger charge is 2.13. The molecule has 1 radical (unpaired) electrons. The first-order valence-corrected chi connectivity index (χ1v) is 3.24. The van der Waals surface area contributed by atoms with E-state index in [2.05, 4.69) is 4.74 Å². The molecule has 0 aliphatic heterocycles. The summed E-state index contributed by atoms with van der Waals surface area (Å²) < 4.78 is 4.49. The molecule has 0 saturated heterocycles. The second kappa shape index (κ2) is 3.39. The van der Waals surface area contributed by atoms with Gasteiger partial charge < -0.3 is 9.76 Å². The Bertz CT molecular complexity index is 230. The van der Waals surface area contributed by atoms with Gasteiger partial charge in [0, 0.05) is 5.57 Å². The number of carbonyl (C=O) groups is 1. The first kappa shape index (κ1) is 8.08. The average molecular weight is 151 g/mol. The third-order valence-corrected chi connectivity index (χ3v) is 1.50. The van der Waals surface area contributed by atoms with Crippen LogP contribution in [0.25, 0.3) is 0 Å². The molecule has 1 aliphatic rings. The summed E-state index contributed by atoms with van der Waals surface area (Å²) in [6, 6.07) is 0. The van der Waals surface area contributed by atoms with Gasteiger partial charge >= 0.3 is 13.5 Å². The third kappa shape index (κ3) is 1.71. The Balaban J connectivity index is 2.61. The Hall–Kier alpha value is -1.03. The van der Waals surface area contributed by atoms with E-state index in [9.17, 15) is 4.79 Å². The van der Waals surface area contributed by atoms with Crippen molar-refractivity contribution in [3.05, 3.63) is 23.2 Å². The van der Waals surface area contributed by atoms with Crippen molar-refractivity contribution in [2.45, 2.75) is 6.42 Å². The second-order valence-corrected chi connectivity index (χ2v) is 2.20. The van der Waals surface area contributed by atoms with E-state index in [1.807, 2.05) is 0 Å². The Labute approximate surface area is 65.6 Å². The summed E-state index contributed by atoms with van der Waals surface area (Å²) in [5, 5.41) is 8.55. The van der Waals surface area contributed by atoms with Crippen LogP contribution in [0.2, 0.25) is 0 Å². The quantitative estimate of drug-likeness (QED) is 0.445. The van der Waals surface area contributed by atoms with E-state index in [1.54, 1.807) is 12.2 Å². The fraction of sp³-hybridized carbons (Fsp3) is 0.286. The molecule has 0 atom stereocenters. The van der Waals surface area contributed by atoms with E-state index in [0.717, 1.165) is 7.48 Å². The van der Waals surface area contributed by atoms with Crippen molar-refractivity contribution in [1.82, 2.24) is 0 Å². The number of methoxy groups -OCH3 is 1. The van der Waals surface area contributed by atoms with Crippen molar-refractivity contribution in [3.8, 4) is 0 Å². The molecule has 57 valence electrons. The Kier molecular flexibility index (Phi) is 2.49. The van der Waals surface area contributed by atoms with Crippen LogP contribution in [-0.2, 0) is 9.53 Å². The smallest absolute Gasteiger partial charge is 0.334 e. The lowest BCUT2D eigenvalue weighted by molar-refractivity contribution is -0.136. The summed E-state index contributed by atoms with van der Waals surface area (Å²) in [5.41, 5.74) is 1.23. The van der Waals surface area contributed by atoms with Crippen molar-refractivity contribution >= 4 is 13.5 Å². The number of hydrogen-bond donors (Lipinski definition) is 1. The summed E-state index contributed by atoms with van der Waals surface area (Å²) in [4.78, 5) is 10.9. The van der Waals surface area contributed by atoms with E-state index in [1.165, 1.54) is 7.11 Å². The second-order valence-electron chi connectivity index (χ2n) is 2.20. The molecule has 0 bridgehead atoms. The minimum absolute atomic E-state index is 0.335. The maximum Gasteiger partial charge on any atom is 0.334 e. The van der Waals surface area contributed by atoms with Gasteiger partial charge in [-0.3, -0.25) is 0 Å². The molecule has 1 N–H and O–H groups in total. The minimum atomic E-state index is -0.335. The molecule has 4 heteroatoms. The first-order chi connectivity index (χ1) is 5.27. The van der Waals surface area contributed by atoms with Crippen molar-refractivity contribution in [3.63, 3.8) is 0 Å². The molecule has 0 aromatic carbocycles. The van der Waals surface area contributed by atoms with Crippen molar-refractivity contribution < 1.29 is 14.6 Å². The molecular formula is C7H8BO3. The van der Waals surface area contributed by atoms with E-state index >= 15 is 0 Å². The zero-order chi connectivity index (χ0) is 8.27. The highest BCUT2D eigenvalue weighted by Crippen LogP contribution is 2.16. The lowest BCUT2D eigenvalue weighted by atomic mass is 9.89. The molecule has 0 spiro atoms. The molecule has 0 fully saturated rings. The predicted molar refractivity (Wildman–Crippen MR) is 40.8 cm³/mol. The molecule has 0 aromatic rings. The van der Waals surface area contributed by atoms with E-state index in [-0.39, 0.29) is 5.97 Å². The van der Waals surface area contributed by atoms with Crippen LogP contribution >= 0.6 is 0 Å². The van der Waals surface area contributed by atoms with Crippen molar-refractivity contribution in [2.75, 3.05) is 7.11 Å².